The summed E-state index contributed by atoms with van der Waals surface area (Å²) in [7, 11) is 0. The summed E-state index contributed by atoms with van der Waals surface area (Å²) in [6.07, 6.45) is -3.12. The van der Waals surface area contributed by atoms with Gasteiger partial charge >= 0.3 is 6.18 Å². The number of carbonyl (C=O) groups excluding carboxylic acids is 1. The van der Waals surface area contributed by atoms with E-state index in [1.165, 1.54) is 36.5 Å². The van der Waals surface area contributed by atoms with E-state index in [0.29, 0.717) is 5.39 Å². The van der Waals surface area contributed by atoms with Gasteiger partial charge in [0, 0.05) is 22.8 Å². The molecule has 0 fully saturated rings. The molecule has 4 aromatic rings. The monoisotopic (exact) mass is 441 g/mol. The molecule has 0 saturated carbocycles. The van der Waals surface area contributed by atoms with Crippen molar-refractivity contribution in [2.24, 2.45) is 0 Å². The lowest BCUT2D eigenvalue weighted by Gasteiger charge is -2.13. The summed E-state index contributed by atoms with van der Waals surface area (Å²) in [5.41, 5.74) is -1.64. The Bertz CT molecular complexity index is 1380. The molecule has 9 heteroatoms. The lowest BCUT2D eigenvalue weighted by Crippen LogP contribution is -2.30. The number of rotatable bonds is 4. The third-order valence-corrected chi connectivity index (χ3v) is 4.83. The Balaban J connectivity index is 1.77. The second-order valence-corrected chi connectivity index (χ2v) is 6.99. The minimum Gasteiger partial charge on any atom is -0.322 e. The van der Waals surface area contributed by atoms with Crippen LogP contribution in [0, 0.1) is 5.82 Å². The van der Waals surface area contributed by atoms with E-state index in [0.717, 1.165) is 22.8 Å². The maximum absolute atomic E-state index is 14.2. The van der Waals surface area contributed by atoms with Crippen molar-refractivity contribution >= 4 is 22.6 Å². The minimum absolute atomic E-state index is 0.115. The standard InChI is InChI=1S/C23H15F4N3O2/c24-19-9-2-1-5-15(19)13-30-20-14(6-4-10-28-20)11-18(22(30)32)21(31)29-17-8-3-7-16(12-17)23(25,26)27/h1-12H,13H2,(H,29,31). The number of aromatic nitrogens is 2. The van der Waals surface area contributed by atoms with Gasteiger partial charge in [0.05, 0.1) is 12.1 Å². The zero-order chi connectivity index (χ0) is 22.9. The minimum atomic E-state index is -4.58. The van der Waals surface area contributed by atoms with Crippen LogP contribution in [-0.2, 0) is 12.7 Å². The van der Waals surface area contributed by atoms with Crippen LogP contribution in [0.25, 0.3) is 11.0 Å². The van der Waals surface area contributed by atoms with Gasteiger partial charge in [0.15, 0.2) is 0 Å². The number of benzene rings is 2. The van der Waals surface area contributed by atoms with Gasteiger partial charge in [-0.15, -0.1) is 0 Å². The molecule has 0 aliphatic heterocycles. The highest BCUT2D eigenvalue weighted by Crippen LogP contribution is 2.30. The largest absolute Gasteiger partial charge is 0.416 e. The number of hydrogen-bond acceptors (Lipinski definition) is 3. The normalized spacial score (nSPS) is 11.5. The van der Waals surface area contributed by atoms with Crippen molar-refractivity contribution in [3.05, 3.63) is 106 Å². The van der Waals surface area contributed by atoms with E-state index in [9.17, 15) is 27.2 Å². The van der Waals surface area contributed by atoms with Gasteiger partial charge < -0.3 is 5.32 Å². The average molecular weight is 441 g/mol. The van der Waals surface area contributed by atoms with Gasteiger partial charge in [-0.1, -0.05) is 24.3 Å². The lowest BCUT2D eigenvalue weighted by atomic mass is 10.1. The Labute approximate surface area is 179 Å². The highest BCUT2D eigenvalue weighted by molar-refractivity contribution is 6.05. The molecular formula is C23H15F4N3O2. The number of amides is 1. The fourth-order valence-corrected chi connectivity index (χ4v) is 3.28. The first kappa shape index (κ1) is 21.2. The molecule has 32 heavy (non-hydrogen) atoms. The van der Waals surface area contributed by atoms with Crippen molar-refractivity contribution in [2.75, 3.05) is 5.32 Å². The number of nitrogens with one attached hydrogen (secondary N) is 1. The molecule has 5 nitrogen and oxygen atoms in total. The van der Waals surface area contributed by atoms with Crippen molar-refractivity contribution < 1.29 is 22.4 Å². The number of anilines is 1. The highest BCUT2D eigenvalue weighted by atomic mass is 19.4. The quantitative estimate of drug-likeness (QED) is 0.461. The van der Waals surface area contributed by atoms with E-state index >= 15 is 0 Å². The summed E-state index contributed by atoms with van der Waals surface area (Å²) in [5, 5.41) is 2.77. The summed E-state index contributed by atoms with van der Waals surface area (Å²) < 4.78 is 54.2. The van der Waals surface area contributed by atoms with Gasteiger partial charge in [-0.2, -0.15) is 13.2 Å². The smallest absolute Gasteiger partial charge is 0.322 e. The van der Waals surface area contributed by atoms with Crippen LogP contribution in [0.2, 0.25) is 0 Å². The van der Waals surface area contributed by atoms with Crippen molar-refractivity contribution in [2.45, 2.75) is 12.7 Å². The summed E-state index contributed by atoms with van der Waals surface area (Å²) >= 11 is 0. The molecule has 0 bridgehead atoms. The van der Waals surface area contributed by atoms with Crippen LogP contribution in [0.5, 0.6) is 0 Å². The summed E-state index contributed by atoms with van der Waals surface area (Å²) in [5.74, 6) is -1.41. The molecule has 4 rings (SSSR count). The molecule has 2 aromatic carbocycles. The molecule has 0 radical (unpaired) electrons. The first-order valence-corrected chi connectivity index (χ1v) is 9.44. The Kier molecular flexibility index (Phi) is 5.48. The van der Waals surface area contributed by atoms with Gasteiger partial charge in [-0.3, -0.25) is 14.2 Å². The van der Waals surface area contributed by atoms with E-state index in [-0.39, 0.29) is 29.0 Å². The first-order valence-electron chi connectivity index (χ1n) is 9.44. The van der Waals surface area contributed by atoms with Crippen molar-refractivity contribution in [3.8, 4) is 0 Å². The average Bonchev–Trinajstić information content (AvgIpc) is 2.76. The van der Waals surface area contributed by atoms with Gasteiger partial charge in [-0.25, -0.2) is 9.37 Å². The lowest BCUT2D eigenvalue weighted by molar-refractivity contribution is -0.137. The van der Waals surface area contributed by atoms with Crippen LogP contribution in [0.3, 0.4) is 0 Å². The predicted octanol–water partition coefficient (Wildman–Crippen LogP) is 4.86. The van der Waals surface area contributed by atoms with Crippen LogP contribution in [0.1, 0.15) is 21.5 Å². The van der Waals surface area contributed by atoms with E-state index < -0.39 is 29.0 Å². The molecular weight excluding hydrogens is 426 g/mol. The van der Waals surface area contributed by atoms with Crippen LogP contribution in [0.4, 0.5) is 23.2 Å². The van der Waals surface area contributed by atoms with Crippen LogP contribution < -0.4 is 10.9 Å². The fraction of sp³-hybridized carbons (Fsp3) is 0.0870. The van der Waals surface area contributed by atoms with Crippen molar-refractivity contribution in [3.63, 3.8) is 0 Å². The third-order valence-electron chi connectivity index (χ3n) is 4.83. The second kappa shape index (κ2) is 8.26. The molecule has 0 atom stereocenters. The molecule has 162 valence electrons. The van der Waals surface area contributed by atoms with Gasteiger partial charge in [0.25, 0.3) is 11.5 Å². The third kappa shape index (κ3) is 4.22. The topological polar surface area (TPSA) is 64.0 Å². The van der Waals surface area contributed by atoms with E-state index in [4.69, 9.17) is 0 Å². The van der Waals surface area contributed by atoms with Gasteiger partial charge in [0.1, 0.15) is 17.0 Å². The summed E-state index contributed by atoms with van der Waals surface area (Å²) in [4.78, 5) is 30.1. The van der Waals surface area contributed by atoms with Crippen LogP contribution >= 0.6 is 0 Å². The van der Waals surface area contributed by atoms with E-state index in [1.807, 2.05) is 0 Å². The number of alkyl halides is 3. The molecule has 1 amide bonds. The zero-order valence-electron chi connectivity index (χ0n) is 16.4. The zero-order valence-corrected chi connectivity index (χ0v) is 16.4. The van der Waals surface area contributed by atoms with Crippen LogP contribution in [-0.4, -0.2) is 15.5 Å². The molecule has 0 aliphatic carbocycles. The molecule has 2 aromatic heterocycles. The molecule has 1 N–H and O–H groups in total. The van der Waals surface area contributed by atoms with E-state index in [1.54, 1.807) is 18.2 Å². The molecule has 2 heterocycles. The Morgan fingerprint density at radius 3 is 2.53 bits per heavy atom. The molecule has 0 spiro atoms. The number of hydrogen-bond donors (Lipinski definition) is 1. The van der Waals surface area contributed by atoms with Gasteiger partial charge in [-0.05, 0) is 42.5 Å². The van der Waals surface area contributed by atoms with Crippen LogP contribution in [0.15, 0.2) is 77.7 Å². The summed E-state index contributed by atoms with van der Waals surface area (Å²) in [6, 6.07) is 14.5. The highest BCUT2D eigenvalue weighted by Gasteiger charge is 2.30. The predicted molar refractivity (Wildman–Crippen MR) is 111 cm³/mol. The van der Waals surface area contributed by atoms with Crippen molar-refractivity contribution in [1.82, 2.24) is 9.55 Å². The number of fused-ring (bicyclic) bond motifs is 1. The fourth-order valence-electron chi connectivity index (χ4n) is 3.28. The second-order valence-electron chi connectivity index (χ2n) is 6.99. The maximum atomic E-state index is 14.2. The first-order chi connectivity index (χ1) is 15.2. The van der Waals surface area contributed by atoms with E-state index in [2.05, 4.69) is 10.3 Å². The summed E-state index contributed by atoms with van der Waals surface area (Å²) in [6.45, 7) is -0.177. The number of nitrogens with zero attached hydrogens (tertiary/aromatic N) is 2. The molecule has 0 unspecified atom stereocenters. The Morgan fingerprint density at radius 2 is 1.78 bits per heavy atom. The SMILES string of the molecule is O=C(Nc1cccc(C(F)(F)F)c1)c1cc2cccnc2n(Cc2ccccc2F)c1=O. The number of pyridine rings is 2. The van der Waals surface area contributed by atoms with Gasteiger partial charge in [0.2, 0.25) is 0 Å². The Morgan fingerprint density at radius 1 is 1.00 bits per heavy atom. The number of carbonyl (C=O) groups is 1. The molecule has 0 aliphatic rings. The van der Waals surface area contributed by atoms with Crippen molar-refractivity contribution in [1.29, 1.82) is 0 Å². The maximum Gasteiger partial charge on any atom is 0.416 e. The molecule has 0 saturated heterocycles. The number of halogens is 4. The Hall–Kier alpha value is -4.01.